The monoisotopic (exact) mass is 631 g/mol. The molecule has 0 radical (unpaired) electrons. The van der Waals surface area contributed by atoms with E-state index in [1.165, 1.54) is 16.7 Å². The summed E-state index contributed by atoms with van der Waals surface area (Å²) in [5, 5.41) is 4.45. The second-order valence-electron chi connectivity index (χ2n) is 12.8. The molecule has 0 bridgehead atoms. The number of rotatable bonds is 4. The van der Waals surface area contributed by atoms with Crippen LogP contribution in [0.4, 0.5) is 0 Å². The number of hydrogen-bond acceptors (Lipinski definition) is 2. The molecule has 4 nitrogen and oxygen atoms in total. The predicted octanol–water partition coefficient (Wildman–Crippen LogP) is 11.6. The summed E-state index contributed by atoms with van der Waals surface area (Å²) < 4.78 is 18.1. The van der Waals surface area contributed by atoms with Gasteiger partial charge >= 0.3 is 0 Å². The lowest BCUT2D eigenvalue weighted by Gasteiger charge is -2.08. The number of benzene rings is 7. The number of para-hydroxylation sites is 2. The molecule has 232 valence electrons. The molecule has 10 rings (SSSR count). The highest BCUT2D eigenvalue weighted by atomic mass is 16.3. The number of hydrogen-bond donors (Lipinski definition) is 0. The first kappa shape index (κ1) is 27.7. The molecule has 0 saturated heterocycles. The Kier molecular flexibility index (Phi) is 5.97. The molecule has 0 atom stereocenters. The summed E-state index contributed by atoms with van der Waals surface area (Å²) in [6, 6.07) is 53.5. The van der Waals surface area contributed by atoms with Crippen LogP contribution in [-0.2, 0) is 7.05 Å². The van der Waals surface area contributed by atoms with Gasteiger partial charge in [-0.2, -0.15) is 4.57 Å². The highest BCUT2D eigenvalue weighted by molar-refractivity contribution is 6.15. The molecular formula is C45H31N2O2+. The molecule has 0 aliphatic carbocycles. The molecule has 4 heteroatoms. The van der Waals surface area contributed by atoms with E-state index in [4.69, 9.17) is 8.83 Å². The first-order valence-electron chi connectivity index (χ1n) is 16.7. The molecule has 10 aromatic rings. The Morgan fingerprint density at radius 1 is 0.531 bits per heavy atom. The van der Waals surface area contributed by atoms with Crippen molar-refractivity contribution in [2.45, 2.75) is 6.92 Å². The van der Waals surface area contributed by atoms with Gasteiger partial charge in [-0.25, -0.2) is 4.57 Å². The van der Waals surface area contributed by atoms with Crippen molar-refractivity contribution < 1.29 is 13.4 Å². The van der Waals surface area contributed by atoms with Gasteiger partial charge in [0, 0.05) is 27.6 Å². The first-order chi connectivity index (χ1) is 24.1. The van der Waals surface area contributed by atoms with Crippen LogP contribution in [0.2, 0.25) is 0 Å². The molecule has 3 aromatic heterocycles. The number of furan rings is 2. The number of imidazole rings is 1. The van der Waals surface area contributed by atoms with Crippen LogP contribution in [0.1, 0.15) is 5.56 Å². The van der Waals surface area contributed by atoms with Gasteiger partial charge in [-0.3, -0.25) is 0 Å². The number of aromatic nitrogens is 2. The second kappa shape index (κ2) is 10.6. The van der Waals surface area contributed by atoms with E-state index in [-0.39, 0.29) is 0 Å². The van der Waals surface area contributed by atoms with Crippen LogP contribution >= 0.6 is 0 Å². The third-order valence-electron chi connectivity index (χ3n) is 10.0. The van der Waals surface area contributed by atoms with E-state index >= 15 is 0 Å². The lowest BCUT2D eigenvalue weighted by Crippen LogP contribution is -2.30. The van der Waals surface area contributed by atoms with E-state index in [1.807, 2.05) is 6.07 Å². The predicted molar refractivity (Wildman–Crippen MR) is 200 cm³/mol. The average Bonchev–Trinajstić information content (AvgIpc) is 3.81. The van der Waals surface area contributed by atoms with Crippen molar-refractivity contribution in [1.82, 2.24) is 4.57 Å². The third-order valence-corrected chi connectivity index (χ3v) is 10.0. The standard InChI is InChI=1S/C45H31N2O2/c1-28-20-23-36-43-33(30-14-7-4-8-15-30)16-11-19-39(43)49-44(36)42(28)45-46(2)37-17-9-10-18-38(37)47(45)32-22-25-35-34-24-21-31(29-12-5-3-6-13-29)26-40(34)48-41(35)27-32/h3-27H,1-2H3/q+1. The summed E-state index contributed by atoms with van der Waals surface area (Å²) in [6.07, 6.45) is 0. The Hall–Kier alpha value is -6.39. The van der Waals surface area contributed by atoms with E-state index in [9.17, 15) is 0 Å². The smallest absolute Gasteiger partial charge is 0.298 e. The molecule has 0 unspecified atom stereocenters. The Bertz CT molecular complexity index is 2890. The van der Waals surface area contributed by atoms with Gasteiger partial charge in [0.2, 0.25) is 0 Å². The SMILES string of the molecule is Cc1ccc2c(oc3cccc(-c4ccccc4)c32)c1-c1n(-c2ccc3c(c2)oc2cc(-c4ccccc4)ccc23)c2ccccc2[n+]1C. The van der Waals surface area contributed by atoms with Crippen molar-refractivity contribution in [3.8, 4) is 39.3 Å². The van der Waals surface area contributed by atoms with Crippen molar-refractivity contribution in [3.05, 3.63) is 157 Å². The van der Waals surface area contributed by atoms with E-state index in [0.29, 0.717) is 0 Å². The number of fused-ring (bicyclic) bond motifs is 7. The molecule has 0 fully saturated rings. The van der Waals surface area contributed by atoms with Crippen LogP contribution < -0.4 is 4.57 Å². The summed E-state index contributed by atoms with van der Waals surface area (Å²) >= 11 is 0. The maximum atomic E-state index is 6.84. The Morgan fingerprint density at radius 3 is 2.04 bits per heavy atom. The molecule has 49 heavy (non-hydrogen) atoms. The van der Waals surface area contributed by atoms with Gasteiger partial charge in [0.25, 0.3) is 5.82 Å². The molecule has 7 aromatic carbocycles. The lowest BCUT2D eigenvalue weighted by molar-refractivity contribution is -0.633. The van der Waals surface area contributed by atoms with Crippen LogP contribution in [0.3, 0.4) is 0 Å². The Labute approximate surface area is 282 Å². The van der Waals surface area contributed by atoms with E-state index in [0.717, 1.165) is 83.1 Å². The third kappa shape index (κ3) is 4.14. The zero-order valence-electron chi connectivity index (χ0n) is 27.1. The zero-order chi connectivity index (χ0) is 32.6. The molecular weight excluding hydrogens is 601 g/mol. The second-order valence-corrected chi connectivity index (χ2v) is 12.8. The minimum absolute atomic E-state index is 0.857. The van der Waals surface area contributed by atoms with Gasteiger partial charge in [-0.1, -0.05) is 103 Å². The van der Waals surface area contributed by atoms with Crippen molar-refractivity contribution in [2.24, 2.45) is 7.05 Å². The summed E-state index contributed by atoms with van der Waals surface area (Å²) in [5.74, 6) is 1.05. The number of nitrogens with zero attached hydrogens (tertiary/aromatic N) is 2. The highest BCUT2D eigenvalue weighted by Crippen LogP contribution is 2.43. The van der Waals surface area contributed by atoms with Gasteiger partial charge in [0.15, 0.2) is 16.6 Å². The van der Waals surface area contributed by atoms with E-state index in [2.05, 4.69) is 169 Å². The average molecular weight is 632 g/mol. The quantitative estimate of drug-likeness (QED) is 0.181. The molecule has 0 aliphatic rings. The van der Waals surface area contributed by atoms with Gasteiger partial charge in [0.05, 0.1) is 7.05 Å². The fourth-order valence-corrected chi connectivity index (χ4v) is 7.70. The molecule has 0 aliphatic heterocycles. The highest BCUT2D eigenvalue weighted by Gasteiger charge is 2.31. The summed E-state index contributed by atoms with van der Waals surface area (Å²) in [7, 11) is 2.15. The van der Waals surface area contributed by atoms with Crippen LogP contribution in [0.25, 0.3) is 94.2 Å². The van der Waals surface area contributed by atoms with Gasteiger partial charge in [0.1, 0.15) is 28.0 Å². The van der Waals surface area contributed by atoms with Gasteiger partial charge in [-0.05, 0) is 77.2 Å². The lowest BCUT2D eigenvalue weighted by atomic mass is 9.97. The normalized spacial score (nSPS) is 11.9. The van der Waals surface area contributed by atoms with E-state index in [1.54, 1.807) is 0 Å². The van der Waals surface area contributed by atoms with Crippen molar-refractivity contribution in [3.63, 3.8) is 0 Å². The fourth-order valence-electron chi connectivity index (χ4n) is 7.70. The van der Waals surface area contributed by atoms with Crippen molar-refractivity contribution in [1.29, 1.82) is 0 Å². The van der Waals surface area contributed by atoms with Crippen molar-refractivity contribution in [2.75, 3.05) is 0 Å². The van der Waals surface area contributed by atoms with Crippen LogP contribution in [0.15, 0.2) is 160 Å². The Morgan fingerprint density at radius 2 is 1.22 bits per heavy atom. The minimum atomic E-state index is 0.857. The summed E-state index contributed by atoms with van der Waals surface area (Å²) in [4.78, 5) is 0. The molecule has 0 amide bonds. The van der Waals surface area contributed by atoms with E-state index < -0.39 is 0 Å². The largest absolute Gasteiger partial charge is 0.456 e. The Balaban J connectivity index is 1.23. The fraction of sp³-hybridized carbons (Fsp3) is 0.0444. The minimum Gasteiger partial charge on any atom is -0.456 e. The maximum absolute atomic E-state index is 6.84. The molecule has 3 heterocycles. The number of aryl methyl sites for hydroxylation is 2. The maximum Gasteiger partial charge on any atom is 0.298 e. The first-order valence-corrected chi connectivity index (χ1v) is 16.7. The molecule has 0 N–H and O–H groups in total. The van der Waals surface area contributed by atoms with Crippen molar-refractivity contribution >= 4 is 54.9 Å². The summed E-state index contributed by atoms with van der Waals surface area (Å²) in [6.45, 7) is 2.18. The molecule has 0 spiro atoms. The summed E-state index contributed by atoms with van der Waals surface area (Å²) in [5.41, 5.74) is 13.7. The van der Waals surface area contributed by atoms with Crippen LogP contribution in [0, 0.1) is 6.92 Å². The topological polar surface area (TPSA) is 35.1 Å². The van der Waals surface area contributed by atoms with Crippen LogP contribution in [0.5, 0.6) is 0 Å². The molecule has 0 saturated carbocycles. The van der Waals surface area contributed by atoms with Gasteiger partial charge < -0.3 is 8.83 Å². The van der Waals surface area contributed by atoms with Crippen LogP contribution in [-0.4, -0.2) is 4.57 Å². The zero-order valence-corrected chi connectivity index (χ0v) is 27.1. The van der Waals surface area contributed by atoms with Gasteiger partial charge in [-0.15, -0.1) is 0 Å².